The van der Waals surface area contributed by atoms with Crippen LogP contribution in [0.1, 0.15) is 55.8 Å². The van der Waals surface area contributed by atoms with Crippen molar-refractivity contribution < 1.29 is 17.9 Å². The molecule has 1 aromatic rings. The van der Waals surface area contributed by atoms with E-state index >= 15 is 0 Å². The molecule has 1 atom stereocenters. The summed E-state index contributed by atoms with van der Waals surface area (Å²) < 4.78 is 30.0. The van der Waals surface area contributed by atoms with E-state index in [4.69, 9.17) is 10.5 Å². The molecule has 30 heavy (non-hydrogen) atoms. The Kier molecular flexibility index (Phi) is 7.41. The number of amides is 1. The Balaban J connectivity index is 1.70. The summed E-state index contributed by atoms with van der Waals surface area (Å²) in [4.78, 5) is 15.3. The van der Waals surface area contributed by atoms with Gasteiger partial charge >= 0.3 is 0 Å². The summed E-state index contributed by atoms with van der Waals surface area (Å²) in [5.41, 5.74) is 7.70. The number of hydrogen-bond acceptors (Lipinski definition) is 6. The summed E-state index contributed by atoms with van der Waals surface area (Å²) in [6, 6.07) is 3.03. The molecule has 166 valence electrons. The van der Waals surface area contributed by atoms with Crippen molar-refractivity contribution in [2.75, 3.05) is 38.2 Å². The fourth-order valence-electron chi connectivity index (χ4n) is 4.30. The Labute approximate surface area is 179 Å². The number of rotatable bonds is 8. The van der Waals surface area contributed by atoms with Crippen LogP contribution in [0.25, 0.3) is 0 Å². The number of nitrogens with one attached hydrogen (secondary N) is 1. The van der Waals surface area contributed by atoms with E-state index in [1.165, 1.54) is 50.5 Å². The molecule has 8 heteroatoms. The fraction of sp³-hybridized carbons (Fsp3) is 0.591. The van der Waals surface area contributed by atoms with Crippen LogP contribution >= 0.6 is 0 Å². The zero-order valence-corrected chi connectivity index (χ0v) is 18.8. The van der Waals surface area contributed by atoms with E-state index in [1.54, 1.807) is 6.92 Å². The first-order chi connectivity index (χ1) is 14.4. The number of nitrogens with zero attached hydrogens (tertiary/aromatic N) is 1. The van der Waals surface area contributed by atoms with Gasteiger partial charge in [0.15, 0.2) is 9.84 Å². The van der Waals surface area contributed by atoms with Gasteiger partial charge in [-0.15, -0.1) is 0 Å². The van der Waals surface area contributed by atoms with E-state index in [0.717, 1.165) is 25.9 Å². The number of ether oxygens (including phenoxy) is 1. The molecule has 0 spiro atoms. The van der Waals surface area contributed by atoms with Crippen molar-refractivity contribution in [3.05, 3.63) is 29.3 Å². The second-order valence-electron chi connectivity index (χ2n) is 8.08. The molecular formula is C22H33N3O4S. The number of carbonyl (C=O) groups excluding carboxylic acids is 1. The predicted molar refractivity (Wildman–Crippen MR) is 119 cm³/mol. The average Bonchev–Trinajstić information content (AvgIpc) is 3.19. The molecule has 2 aliphatic rings. The lowest BCUT2D eigenvalue weighted by Crippen LogP contribution is -2.41. The molecule has 3 rings (SSSR count). The lowest BCUT2D eigenvalue weighted by atomic mass is 9.99. The number of nitrogen functional groups attached to an aromatic ring is 1. The van der Waals surface area contributed by atoms with E-state index < -0.39 is 9.84 Å². The monoisotopic (exact) mass is 435 g/mol. The molecule has 1 saturated heterocycles. The van der Waals surface area contributed by atoms with Crippen LogP contribution in [0, 0.1) is 0 Å². The van der Waals surface area contributed by atoms with Gasteiger partial charge in [-0.1, -0.05) is 18.6 Å². The van der Waals surface area contributed by atoms with E-state index in [2.05, 4.69) is 16.3 Å². The molecule has 0 aromatic heterocycles. The van der Waals surface area contributed by atoms with Gasteiger partial charge in [-0.05, 0) is 51.1 Å². The average molecular weight is 436 g/mol. The third-order valence-corrected chi connectivity index (χ3v) is 7.86. The molecule has 0 saturated carbocycles. The molecule has 1 amide bonds. The molecule has 0 bridgehead atoms. The molecule has 1 unspecified atom stereocenters. The SMILES string of the molecule is CCS(=O)(=O)c1cc(C(=O)NCC2CCCN2CC2=CCCCC2)c(OC)cc1N. The third kappa shape index (κ3) is 5.16. The Morgan fingerprint density at radius 1 is 1.30 bits per heavy atom. The highest BCUT2D eigenvalue weighted by molar-refractivity contribution is 7.91. The van der Waals surface area contributed by atoms with Gasteiger partial charge in [-0.25, -0.2) is 8.42 Å². The summed E-state index contributed by atoms with van der Waals surface area (Å²) in [7, 11) is -2.10. The number of benzene rings is 1. The Morgan fingerprint density at radius 3 is 2.77 bits per heavy atom. The smallest absolute Gasteiger partial charge is 0.255 e. The van der Waals surface area contributed by atoms with Crippen LogP contribution in [0.2, 0.25) is 0 Å². The molecule has 3 N–H and O–H groups in total. The highest BCUT2D eigenvalue weighted by Crippen LogP contribution is 2.29. The lowest BCUT2D eigenvalue weighted by Gasteiger charge is -2.27. The number of sulfone groups is 1. The van der Waals surface area contributed by atoms with Crippen LogP contribution < -0.4 is 15.8 Å². The molecule has 7 nitrogen and oxygen atoms in total. The number of carbonyl (C=O) groups is 1. The van der Waals surface area contributed by atoms with Crippen molar-refractivity contribution in [2.45, 2.75) is 56.4 Å². The summed E-state index contributed by atoms with van der Waals surface area (Å²) in [6.45, 7) is 4.09. The molecule has 1 heterocycles. The molecule has 1 aliphatic heterocycles. The van der Waals surface area contributed by atoms with Gasteiger partial charge in [0, 0.05) is 25.2 Å². The number of methoxy groups -OCH3 is 1. The number of likely N-dealkylation sites (tertiary alicyclic amines) is 1. The number of anilines is 1. The van der Waals surface area contributed by atoms with Gasteiger partial charge < -0.3 is 15.8 Å². The van der Waals surface area contributed by atoms with Crippen LogP contribution in [-0.2, 0) is 9.84 Å². The zero-order chi connectivity index (χ0) is 21.7. The maximum absolute atomic E-state index is 12.9. The topological polar surface area (TPSA) is 102 Å². The van der Waals surface area contributed by atoms with Crippen LogP contribution in [0.5, 0.6) is 5.75 Å². The maximum Gasteiger partial charge on any atom is 0.255 e. The summed E-state index contributed by atoms with van der Waals surface area (Å²) in [5, 5.41) is 2.98. The minimum absolute atomic E-state index is 0.0253. The van der Waals surface area contributed by atoms with Crippen molar-refractivity contribution >= 4 is 21.4 Å². The quantitative estimate of drug-likeness (QED) is 0.481. The van der Waals surface area contributed by atoms with E-state index in [0.29, 0.717) is 6.54 Å². The van der Waals surface area contributed by atoms with Crippen LogP contribution in [0.15, 0.2) is 28.7 Å². The third-order valence-electron chi connectivity index (χ3n) is 6.08. The Hall–Kier alpha value is -2.06. The van der Waals surface area contributed by atoms with E-state index in [-0.39, 0.29) is 39.6 Å². The van der Waals surface area contributed by atoms with Gasteiger partial charge in [-0.3, -0.25) is 9.69 Å². The lowest BCUT2D eigenvalue weighted by molar-refractivity contribution is 0.0938. The number of nitrogens with two attached hydrogens (primary N) is 1. The number of allylic oxidation sites excluding steroid dienone is 1. The van der Waals surface area contributed by atoms with E-state index in [9.17, 15) is 13.2 Å². The van der Waals surface area contributed by atoms with Crippen LogP contribution in [0.4, 0.5) is 5.69 Å². The second kappa shape index (κ2) is 9.83. The highest BCUT2D eigenvalue weighted by Gasteiger charge is 2.27. The standard InChI is InChI=1S/C22H33N3O4S/c1-3-30(27,28)21-12-18(20(29-2)13-19(21)23)22(26)24-14-17-10-7-11-25(17)15-16-8-5-4-6-9-16/h8,12-13,17H,3-7,9-11,14-15,23H2,1-2H3,(H,24,26). The van der Waals surface area contributed by atoms with Crippen LogP contribution in [-0.4, -0.2) is 57.8 Å². The van der Waals surface area contributed by atoms with Crippen LogP contribution in [0.3, 0.4) is 0 Å². The molecule has 1 aliphatic carbocycles. The zero-order valence-electron chi connectivity index (χ0n) is 17.9. The van der Waals surface area contributed by atoms with Gasteiger partial charge in [0.25, 0.3) is 5.91 Å². The number of hydrogen-bond donors (Lipinski definition) is 2. The van der Waals surface area contributed by atoms with Crippen molar-refractivity contribution in [3.63, 3.8) is 0 Å². The van der Waals surface area contributed by atoms with E-state index in [1.807, 2.05) is 0 Å². The summed E-state index contributed by atoms with van der Waals surface area (Å²) in [6.07, 6.45) is 9.42. The van der Waals surface area contributed by atoms with Gasteiger partial charge in [0.2, 0.25) is 0 Å². The summed E-state index contributed by atoms with van der Waals surface area (Å²) >= 11 is 0. The predicted octanol–water partition coefficient (Wildman–Crippen LogP) is 2.77. The first-order valence-electron chi connectivity index (χ1n) is 10.8. The Bertz CT molecular complexity index is 911. The first-order valence-corrected chi connectivity index (χ1v) is 12.4. The molecule has 0 radical (unpaired) electrons. The fourth-order valence-corrected chi connectivity index (χ4v) is 5.32. The molecule has 1 aromatic carbocycles. The largest absolute Gasteiger partial charge is 0.496 e. The van der Waals surface area contributed by atoms with Gasteiger partial charge in [0.05, 0.1) is 29.0 Å². The van der Waals surface area contributed by atoms with Gasteiger partial charge in [-0.2, -0.15) is 0 Å². The molecular weight excluding hydrogens is 402 g/mol. The summed E-state index contributed by atoms with van der Waals surface area (Å²) in [5.74, 6) is -0.156. The Morgan fingerprint density at radius 2 is 2.10 bits per heavy atom. The minimum atomic E-state index is -3.54. The normalized spacial score (nSPS) is 20.1. The van der Waals surface area contributed by atoms with Crippen molar-refractivity contribution in [1.82, 2.24) is 10.2 Å². The minimum Gasteiger partial charge on any atom is -0.496 e. The highest BCUT2D eigenvalue weighted by atomic mass is 32.2. The van der Waals surface area contributed by atoms with Gasteiger partial charge in [0.1, 0.15) is 5.75 Å². The van der Waals surface area contributed by atoms with Crippen molar-refractivity contribution in [1.29, 1.82) is 0 Å². The molecule has 1 fully saturated rings. The maximum atomic E-state index is 12.9. The second-order valence-corrected chi connectivity index (χ2v) is 10.3. The van der Waals surface area contributed by atoms with Crippen molar-refractivity contribution in [2.24, 2.45) is 0 Å². The van der Waals surface area contributed by atoms with Crippen molar-refractivity contribution in [3.8, 4) is 5.75 Å². The first kappa shape index (κ1) is 22.6.